The third kappa shape index (κ3) is 4.80. The lowest BCUT2D eigenvalue weighted by Gasteiger charge is -2.43. The summed E-state index contributed by atoms with van der Waals surface area (Å²) < 4.78 is 38.0. The van der Waals surface area contributed by atoms with Crippen molar-refractivity contribution in [3.63, 3.8) is 0 Å². The molecule has 0 spiro atoms. The highest BCUT2D eigenvalue weighted by Crippen LogP contribution is 2.43. The highest BCUT2D eigenvalue weighted by atomic mass is 32.1. The zero-order valence-electron chi connectivity index (χ0n) is 15.1. The molecule has 2 aromatic rings. The summed E-state index contributed by atoms with van der Waals surface area (Å²) in [6.45, 7) is 3.50. The van der Waals surface area contributed by atoms with Crippen LogP contribution >= 0.6 is 11.3 Å². The summed E-state index contributed by atoms with van der Waals surface area (Å²) in [5, 5.41) is 7.90. The highest BCUT2D eigenvalue weighted by Gasteiger charge is 2.38. The smallest absolute Gasteiger partial charge is 0.357 e. The van der Waals surface area contributed by atoms with Gasteiger partial charge in [-0.25, -0.2) is 9.98 Å². The lowest BCUT2D eigenvalue weighted by Crippen LogP contribution is -2.48. The third-order valence-electron chi connectivity index (χ3n) is 4.85. The van der Waals surface area contributed by atoms with Gasteiger partial charge in [-0.3, -0.25) is 0 Å². The molecule has 2 N–H and O–H groups in total. The molecular formula is C19H23F3N4S. The maximum absolute atomic E-state index is 12.7. The number of hydrogen-bond acceptors (Lipinski definition) is 3. The third-order valence-corrected chi connectivity index (χ3v) is 5.68. The van der Waals surface area contributed by atoms with Crippen molar-refractivity contribution >= 4 is 17.3 Å². The van der Waals surface area contributed by atoms with Gasteiger partial charge in [-0.15, -0.1) is 11.3 Å². The van der Waals surface area contributed by atoms with E-state index in [2.05, 4.69) is 44.9 Å². The van der Waals surface area contributed by atoms with Crippen molar-refractivity contribution < 1.29 is 13.2 Å². The predicted octanol–water partition coefficient (Wildman–Crippen LogP) is 4.34. The van der Waals surface area contributed by atoms with Crippen molar-refractivity contribution in [3.05, 3.63) is 52.0 Å². The molecule has 4 nitrogen and oxygen atoms in total. The number of nitrogens with zero attached hydrogens (tertiary/aromatic N) is 2. The van der Waals surface area contributed by atoms with E-state index in [1.807, 2.05) is 13.0 Å². The molecule has 146 valence electrons. The summed E-state index contributed by atoms with van der Waals surface area (Å²) in [5.74, 6) is 0.600. The Kier molecular flexibility index (Phi) is 6.04. The second-order valence-electron chi connectivity index (χ2n) is 6.67. The molecule has 0 aliphatic heterocycles. The van der Waals surface area contributed by atoms with Crippen LogP contribution in [0.15, 0.2) is 40.7 Å². The van der Waals surface area contributed by atoms with E-state index in [0.29, 0.717) is 17.5 Å². The summed E-state index contributed by atoms with van der Waals surface area (Å²) in [5.41, 5.74) is 0.560. The molecule has 0 amide bonds. The first kappa shape index (κ1) is 19.7. The largest absolute Gasteiger partial charge is 0.434 e. The first-order chi connectivity index (χ1) is 12.9. The second kappa shape index (κ2) is 8.29. The molecule has 0 unspecified atom stereocenters. The van der Waals surface area contributed by atoms with Crippen molar-refractivity contribution in [2.24, 2.45) is 4.99 Å². The van der Waals surface area contributed by atoms with E-state index in [0.717, 1.165) is 36.1 Å². The molecule has 3 rings (SSSR count). The molecule has 0 bridgehead atoms. The Morgan fingerprint density at radius 3 is 2.52 bits per heavy atom. The Hall–Kier alpha value is -2.09. The Labute approximate surface area is 160 Å². The minimum absolute atomic E-state index is 0.0993. The van der Waals surface area contributed by atoms with Gasteiger partial charge in [0.15, 0.2) is 11.7 Å². The van der Waals surface area contributed by atoms with Crippen LogP contribution in [-0.2, 0) is 18.1 Å². The minimum atomic E-state index is -4.41. The van der Waals surface area contributed by atoms with Crippen molar-refractivity contribution in [3.8, 4) is 0 Å². The van der Waals surface area contributed by atoms with Crippen LogP contribution in [0.4, 0.5) is 13.2 Å². The van der Waals surface area contributed by atoms with E-state index in [1.54, 1.807) is 0 Å². The van der Waals surface area contributed by atoms with Crippen molar-refractivity contribution in [1.29, 1.82) is 0 Å². The standard InChI is InChI=1S/C19H23F3N4S/c1-2-23-17(24-11-16-26-15(12-27-16)19(20,21)22)25-13-18(9-6-10-18)14-7-4-3-5-8-14/h3-5,7-8,12H,2,6,9-11,13H2,1H3,(H2,23,24,25). The number of thiazole rings is 1. The van der Waals surface area contributed by atoms with E-state index in [1.165, 1.54) is 12.0 Å². The molecule has 1 aliphatic carbocycles. The quantitative estimate of drug-likeness (QED) is 0.564. The van der Waals surface area contributed by atoms with E-state index < -0.39 is 11.9 Å². The number of guanidine groups is 1. The van der Waals surface area contributed by atoms with Gasteiger partial charge >= 0.3 is 6.18 Å². The van der Waals surface area contributed by atoms with Gasteiger partial charge in [0.25, 0.3) is 0 Å². The topological polar surface area (TPSA) is 49.3 Å². The maximum Gasteiger partial charge on any atom is 0.434 e. The van der Waals surface area contributed by atoms with Gasteiger partial charge in [0, 0.05) is 23.9 Å². The average molecular weight is 396 g/mol. The average Bonchev–Trinajstić information content (AvgIpc) is 3.09. The number of nitrogens with one attached hydrogen (secondary N) is 2. The van der Waals surface area contributed by atoms with E-state index in [4.69, 9.17) is 0 Å². The van der Waals surface area contributed by atoms with Crippen LogP contribution in [0.3, 0.4) is 0 Å². The number of aromatic nitrogens is 1. The fraction of sp³-hybridized carbons (Fsp3) is 0.474. The zero-order valence-corrected chi connectivity index (χ0v) is 16.0. The molecular weight excluding hydrogens is 373 g/mol. The number of halogens is 3. The SMILES string of the molecule is CCNC(=NCc1nc(C(F)(F)F)cs1)NCC1(c2ccccc2)CCC1. The first-order valence-corrected chi connectivity index (χ1v) is 9.90. The van der Waals surface area contributed by atoms with Crippen LogP contribution in [0.5, 0.6) is 0 Å². The zero-order chi connectivity index (χ0) is 19.3. The minimum Gasteiger partial charge on any atom is -0.357 e. The maximum atomic E-state index is 12.7. The van der Waals surface area contributed by atoms with Crippen LogP contribution in [-0.4, -0.2) is 24.0 Å². The summed E-state index contributed by atoms with van der Waals surface area (Å²) in [4.78, 5) is 8.04. The van der Waals surface area contributed by atoms with Crippen molar-refractivity contribution in [2.75, 3.05) is 13.1 Å². The fourth-order valence-corrected chi connectivity index (χ4v) is 3.94. The molecule has 0 radical (unpaired) electrons. The Balaban J connectivity index is 1.65. The summed E-state index contributed by atoms with van der Waals surface area (Å²) in [6, 6.07) is 10.4. The predicted molar refractivity (Wildman–Crippen MR) is 102 cm³/mol. The van der Waals surface area contributed by atoms with Gasteiger partial charge in [-0.1, -0.05) is 36.8 Å². The summed E-state index contributed by atoms with van der Waals surface area (Å²) in [7, 11) is 0. The van der Waals surface area contributed by atoms with E-state index in [-0.39, 0.29) is 12.0 Å². The van der Waals surface area contributed by atoms with Gasteiger partial charge in [0.05, 0.1) is 6.54 Å². The molecule has 27 heavy (non-hydrogen) atoms. The monoisotopic (exact) mass is 396 g/mol. The molecule has 1 saturated carbocycles. The molecule has 0 saturated heterocycles. The van der Waals surface area contributed by atoms with Crippen LogP contribution in [0.2, 0.25) is 0 Å². The van der Waals surface area contributed by atoms with Gasteiger partial charge in [-0.2, -0.15) is 13.2 Å². The lowest BCUT2D eigenvalue weighted by atomic mass is 9.64. The summed E-state index contributed by atoms with van der Waals surface area (Å²) in [6.07, 6.45) is -0.979. The fourth-order valence-electron chi connectivity index (χ4n) is 3.22. The van der Waals surface area contributed by atoms with Gasteiger partial charge in [0.1, 0.15) is 5.01 Å². The molecule has 8 heteroatoms. The van der Waals surface area contributed by atoms with Crippen molar-refractivity contribution in [2.45, 2.75) is 44.3 Å². The Morgan fingerprint density at radius 2 is 1.96 bits per heavy atom. The first-order valence-electron chi connectivity index (χ1n) is 9.02. The Bertz CT molecular complexity index is 767. The number of rotatable bonds is 6. The van der Waals surface area contributed by atoms with E-state index >= 15 is 0 Å². The van der Waals surface area contributed by atoms with Crippen LogP contribution < -0.4 is 10.6 Å². The molecule has 1 heterocycles. The number of aliphatic imine (C=N–C) groups is 1. The molecule has 1 fully saturated rings. The number of benzene rings is 1. The highest BCUT2D eigenvalue weighted by molar-refractivity contribution is 7.09. The van der Waals surface area contributed by atoms with E-state index in [9.17, 15) is 13.2 Å². The molecule has 1 aromatic heterocycles. The van der Waals surface area contributed by atoms with Crippen LogP contribution in [0.1, 0.15) is 42.5 Å². The van der Waals surface area contributed by atoms with Gasteiger partial charge in [0.2, 0.25) is 0 Å². The summed E-state index contributed by atoms with van der Waals surface area (Å²) >= 11 is 0.979. The van der Waals surface area contributed by atoms with Gasteiger partial charge < -0.3 is 10.6 Å². The number of hydrogen-bond donors (Lipinski definition) is 2. The lowest BCUT2D eigenvalue weighted by molar-refractivity contribution is -0.140. The van der Waals surface area contributed by atoms with Crippen molar-refractivity contribution in [1.82, 2.24) is 15.6 Å². The molecule has 1 aliphatic rings. The second-order valence-corrected chi connectivity index (χ2v) is 7.62. The molecule has 1 aromatic carbocycles. The Morgan fingerprint density at radius 1 is 1.22 bits per heavy atom. The number of alkyl halides is 3. The van der Waals surface area contributed by atoms with Crippen LogP contribution in [0, 0.1) is 0 Å². The van der Waals surface area contributed by atoms with Gasteiger partial charge in [-0.05, 0) is 25.3 Å². The normalized spacial score (nSPS) is 16.7. The molecule has 0 atom stereocenters. The van der Waals surface area contributed by atoms with Crippen LogP contribution in [0.25, 0.3) is 0 Å².